The third kappa shape index (κ3) is 4.71. The average Bonchev–Trinajstić information content (AvgIpc) is 3.27. The minimum Gasteiger partial charge on any atom is -0.395 e. The van der Waals surface area contributed by atoms with Gasteiger partial charge in [-0.3, -0.25) is 9.69 Å². The maximum Gasteiger partial charge on any atom is 0.416 e. The molecule has 0 spiro atoms. The summed E-state index contributed by atoms with van der Waals surface area (Å²) < 4.78 is 39.3. The van der Waals surface area contributed by atoms with Crippen LogP contribution in [0, 0.1) is 6.92 Å². The highest BCUT2D eigenvalue weighted by atomic mass is 19.4. The number of carbonyl (C=O) groups is 1. The molecule has 1 aliphatic heterocycles. The summed E-state index contributed by atoms with van der Waals surface area (Å²) in [5.74, 6) is 0.124. The van der Waals surface area contributed by atoms with Crippen molar-refractivity contribution in [2.24, 2.45) is 0 Å². The van der Waals surface area contributed by atoms with Crippen molar-refractivity contribution in [1.29, 1.82) is 0 Å². The Balaban J connectivity index is 1.68. The summed E-state index contributed by atoms with van der Waals surface area (Å²) in [6.45, 7) is 2.35. The normalized spacial score (nSPS) is 12.9. The maximum atomic E-state index is 13.5. The fourth-order valence-corrected chi connectivity index (χ4v) is 4.20. The molecule has 0 saturated heterocycles. The van der Waals surface area contributed by atoms with Crippen molar-refractivity contribution >= 4 is 17.4 Å². The molecular weight excluding hydrogens is 431 g/mol. The van der Waals surface area contributed by atoms with Crippen LogP contribution in [0.2, 0.25) is 0 Å². The number of rotatable bonds is 6. The molecule has 172 valence electrons. The molecule has 4 rings (SSSR count). The predicted molar refractivity (Wildman–Crippen MR) is 121 cm³/mol. The molecule has 33 heavy (non-hydrogen) atoms. The highest BCUT2D eigenvalue weighted by Crippen LogP contribution is 2.32. The number of halogens is 3. The molecule has 0 saturated carbocycles. The van der Waals surface area contributed by atoms with Crippen molar-refractivity contribution in [3.8, 4) is 0 Å². The zero-order valence-electron chi connectivity index (χ0n) is 18.1. The van der Waals surface area contributed by atoms with Gasteiger partial charge in [-0.05, 0) is 66.3 Å². The highest BCUT2D eigenvalue weighted by molar-refractivity contribution is 6.08. The summed E-state index contributed by atoms with van der Waals surface area (Å²) in [7, 11) is 0. The van der Waals surface area contributed by atoms with Gasteiger partial charge in [-0.1, -0.05) is 24.3 Å². The first-order valence-corrected chi connectivity index (χ1v) is 10.7. The molecule has 2 heterocycles. The lowest BCUT2D eigenvalue weighted by molar-refractivity contribution is -0.137. The van der Waals surface area contributed by atoms with Gasteiger partial charge in [-0.15, -0.1) is 0 Å². The molecule has 0 radical (unpaired) electrons. The third-order valence-corrected chi connectivity index (χ3v) is 5.86. The summed E-state index contributed by atoms with van der Waals surface area (Å²) >= 11 is 0. The lowest BCUT2D eigenvalue weighted by atomic mass is 9.99. The molecule has 1 amide bonds. The quantitative estimate of drug-likeness (QED) is 0.570. The van der Waals surface area contributed by atoms with Gasteiger partial charge in [0.25, 0.3) is 5.91 Å². The Labute approximate surface area is 189 Å². The predicted octanol–water partition coefficient (Wildman–Crippen LogP) is 4.61. The number of alkyl halides is 3. The van der Waals surface area contributed by atoms with Gasteiger partial charge in [-0.25, -0.2) is 4.98 Å². The number of carbonyl (C=O) groups excluding carboxylic acids is 1. The lowest BCUT2D eigenvalue weighted by Gasteiger charge is -2.25. The summed E-state index contributed by atoms with van der Waals surface area (Å²) in [6.07, 6.45) is -1.88. The maximum absolute atomic E-state index is 13.5. The van der Waals surface area contributed by atoms with Crippen LogP contribution in [0.4, 0.5) is 24.7 Å². The smallest absolute Gasteiger partial charge is 0.395 e. The lowest BCUT2D eigenvalue weighted by Crippen LogP contribution is -2.35. The molecule has 0 unspecified atom stereocenters. The van der Waals surface area contributed by atoms with Crippen molar-refractivity contribution in [2.75, 3.05) is 29.9 Å². The number of aromatic nitrogens is 1. The Morgan fingerprint density at radius 3 is 2.73 bits per heavy atom. The number of anilines is 2. The molecule has 2 aromatic carbocycles. The molecule has 8 heteroatoms. The minimum atomic E-state index is -4.41. The second-order valence-corrected chi connectivity index (χ2v) is 7.98. The number of hydrogen-bond donors (Lipinski definition) is 2. The van der Waals surface area contributed by atoms with Crippen LogP contribution in [0.15, 0.2) is 54.7 Å². The second-order valence-electron chi connectivity index (χ2n) is 7.98. The Bertz CT molecular complexity index is 1180. The Morgan fingerprint density at radius 2 is 1.97 bits per heavy atom. The standard InChI is InChI=1S/C25H24F3N3O2/c1-16-18(14-17-4-2-5-19(15-17)25(26,27)28)8-10-30-23(16)31(12-13-32)24(33)21-6-3-7-22-20(21)9-11-29-22/h2-8,10,15,29,32H,9,11-14H2,1H3. The Kier molecular flexibility index (Phi) is 6.37. The molecule has 5 nitrogen and oxygen atoms in total. The molecular formula is C25H24F3N3O2. The van der Waals surface area contributed by atoms with Crippen LogP contribution in [0.3, 0.4) is 0 Å². The first-order chi connectivity index (χ1) is 15.8. The fourth-order valence-electron chi connectivity index (χ4n) is 4.20. The number of pyridine rings is 1. The molecule has 3 aromatic rings. The SMILES string of the molecule is Cc1c(Cc2cccc(C(F)(F)F)c2)ccnc1N(CCO)C(=O)c1cccc2c1CCN2. The molecule has 0 aliphatic carbocycles. The van der Waals surface area contributed by atoms with Gasteiger partial charge in [0.15, 0.2) is 0 Å². The topological polar surface area (TPSA) is 65.5 Å². The van der Waals surface area contributed by atoms with Gasteiger partial charge in [0, 0.05) is 24.0 Å². The van der Waals surface area contributed by atoms with Crippen LogP contribution in [0.1, 0.15) is 38.2 Å². The van der Waals surface area contributed by atoms with E-state index in [1.165, 1.54) is 11.0 Å². The van der Waals surface area contributed by atoms with E-state index in [4.69, 9.17) is 0 Å². The van der Waals surface area contributed by atoms with Gasteiger partial charge in [0.1, 0.15) is 5.82 Å². The molecule has 0 atom stereocenters. The number of aliphatic hydroxyl groups excluding tert-OH is 1. The number of fused-ring (bicyclic) bond motifs is 1. The number of aliphatic hydroxyl groups is 1. The van der Waals surface area contributed by atoms with E-state index in [0.717, 1.165) is 41.9 Å². The second kappa shape index (κ2) is 9.23. The van der Waals surface area contributed by atoms with Crippen LogP contribution >= 0.6 is 0 Å². The zero-order valence-corrected chi connectivity index (χ0v) is 18.1. The summed E-state index contributed by atoms with van der Waals surface area (Å²) in [5, 5.41) is 12.9. The van der Waals surface area contributed by atoms with Gasteiger partial charge in [0.2, 0.25) is 0 Å². The zero-order chi connectivity index (χ0) is 23.6. The minimum absolute atomic E-state index is 0.0524. The fraction of sp³-hybridized carbons (Fsp3) is 0.280. The van der Waals surface area contributed by atoms with Crippen molar-refractivity contribution < 1.29 is 23.1 Å². The Morgan fingerprint density at radius 1 is 1.18 bits per heavy atom. The van der Waals surface area contributed by atoms with Crippen molar-refractivity contribution in [3.63, 3.8) is 0 Å². The largest absolute Gasteiger partial charge is 0.416 e. The van der Waals surface area contributed by atoms with E-state index in [-0.39, 0.29) is 25.5 Å². The van der Waals surface area contributed by atoms with Gasteiger partial charge < -0.3 is 10.4 Å². The number of nitrogens with zero attached hydrogens (tertiary/aromatic N) is 2. The van der Waals surface area contributed by atoms with Gasteiger partial charge >= 0.3 is 6.18 Å². The highest BCUT2D eigenvalue weighted by Gasteiger charge is 2.30. The molecule has 0 fully saturated rings. The summed E-state index contributed by atoms with van der Waals surface area (Å²) in [6, 6.07) is 12.5. The number of nitrogens with one attached hydrogen (secondary N) is 1. The first-order valence-electron chi connectivity index (χ1n) is 10.7. The van der Waals surface area contributed by atoms with E-state index in [2.05, 4.69) is 10.3 Å². The number of benzene rings is 2. The van der Waals surface area contributed by atoms with E-state index >= 15 is 0 Å². The van der Waals surface area contributed by atoms with E-state index < -0.39 is 11.7 Å². The Hall–Kier alpha value is -3.39. The molecule has 1 aromatic heterocycles. The van der Waals surface area contributed by atoms with Gasteiger partial charge in [-0.2, -0.15) is 13.2 Å². The average molecular weight is 455 g/mol. The number of amides is 1. The van der Waals surface area contributed by atoms with Crippen molar-refractivity contribution in [3.05, 3.63) is 88.1 Å². The monoisotopic (exact) mass is 455 g/mol. The van der Waals surface area contributed by atoms with E-state index in [9.17, 15) is 23.1 Å². The molecule has 1 aliphatic rings. The van der Waals surface area contributed by atoms with Gasteiger partial charge in [0.05, 0.1) is 18.7 Å². The van der Waals surface area contributed by atoms with E-state index in [1.54, 1.807) is 31.3 Å². The van der Waals surface area contributed by atoms with Crippen LogP contribution in [-0.2, 0) is 19.0 Å². The summed E-state index contributed by atoms with van der Waals surface area (Å²) in [5.41, 5.74) is 3.66. The molecule has 2 N–H and O–H groups in total. The summed E-state index contributed by atoms with van der Waals surface area (Å²) in [4.78, 5) is 19.3. The van der Waals surface area contributed by atoms with Crippen LogP contribution < -0.4 is 10.2 Å². The van der Waals surface area contributed by atoms with Crippen LogP contribution in [-0.4, -0.2) is 35.7 Å². The van der Waals surface area contributed by atoms with Crippen molar-refractivity contribution in [2.45, 2.75) is 25.9 Å². The van der Waals surface area contributed by atoms with Crippen molar-refractivity contribution in [1.82, 2.24) is 4.98 Å². The van der Waals surface area contributed by atoms with Crippen LogP contribution in [0.25, 0.3) is 0 Å². The third-order valence-electron chi connectivity index (χ3n) is 5.86. The molecule has 0 bridgehead atoms. The number of hydrogen-bond acceptors (Lipinski definition) is 4. The van der Waals surface area contributed by atoms with E-state index in [1.807, 2.05) is 12.1 Å². The van der Waals surface area contributed by atoms with E-state index in [0.29, 0.717) is 22.5 Å². The van der Waals surface area contributed by atoms with Crippen LogP contribution in [0.5, 0.6) is 0 Å². The first kappa shape index (κ1) is 22.8.